The Labute approximate surface area is 113 Å². The fraction of sp³-hybridized carbons (Fsp3) is 0.250. The molecule has 100 valence electrons. The third-order valence-electron chi connectivity index (χ3n) is 2.97. The summed E-state index contributed by atoms with van der Waals surface area (Å²) >= 11 is 0. The zero-order valence-corrected chi connectivity index (χ0v) is 11.2. The first-order chi connectivity index (χ1) is 9.19. The minimum absolute atomic E-state index is 0.0495. The van der Waals surface area contributed by atoms with Gasteiger partial charge in [0.25, 0.3) is 0 Å². The first kappa shape index (κ1) is 13.6. The predicted octanol–water partition coefficient (Wildman–Crippen LogP) is 4.15. The summed E-state index contributed by atoms with van der Waals surface area (Å²) < 4.78 is 18.3. The summed E-state index contributed by atoms with van der Waals surface area (Å²) in [5.74, 6) is -0.209. The van der Waals surface area contributed by atoms with E-state index in [0.29, 0.717) is 6.61 Å². The highest BCUT2D eigenvalue weighted by Crippen LogP contribution is 2.20. The van der Waals surface area contributed by atoms with Crippen molar-refractivity contribution >= 4 is 5.69 Å². The van der Waals surface area contributed by atoms with E-state index in [2.05, 4.69) is 5.32 Å². The summed E-state index contributed by atoms with van der Waals surface area (Å²) in [5, 5.41) is 3.36. The molecule has 3 heteroatoms. The number of benzene rings is 2. The smallest absolute Gasteiger partial charge is 0.123 e. The summed E-state index contributed by atoms with van der Waals surface area (Å²) in [6.45, 7) is 2.60. The fourth-order valence-electron chi connectivity index (χ4n) is 2.03. The molecule has 0 aliphatic carbocycles. The van der Waals surface area contributed by atoms with Crippen LogP contribution in [0.4, 0.5) is 10.1 Å². The second-order valence-electron chi connectivity index (χ2n) is 4.55. The minimum Gasteiger partial charge on any atom is -0.380 e. The van der Waals surface area contributed by atoms with Crippen LogP contribution in [0.3, 0.4) is 0 Å². The van der Waals surface area contributed by atoms with Gasteiger partial charge in [-0.2, -0.15) is 0 Å². The molecule has 1 N–H and O–H groups in total. The van der Waals surface area contributed by atoms with Gasteiger partial charge in [-0.1, -0.05) is 24.3 Å². The second-order valence-corrected chi connectivity index (χ2v) is 4.55. The van der Waals surface area contributed by atoms with Crippen LogP contribution >= 0.6 is 0 Å². The number of anilines is 1. The number of hydrogen-bond acceptors (Lipinski definition) is 2. The number of nitrogens with one attached hydrogen (secondary N) is 1. The highest BCUT2D eigenvalue weighted by molar-refractivity contribution is 5.47. The predicted molar refractivity (Wildman–Crippen MR) is 75.6 cm³/mol. The van der Waals surface area contributed by atoms with Gasteiger partial charge in [-0.25, -0.2) is 4.39 Å². The summed E-state index contributed by atoms with van der Waals surface area (Å²) in [6.07, 6.45) is 0. The molecular formula is C16H18FNO. The zero-order chi connectivity index (χ0) is 13.7. The Bertz CT molecular complexity index is 542. The van der Waals surface area contributed by atoms with Gasteiger partial charge in [0.1, 0.15) is 5.82 Å². The third kappa shape index (κ3) is 3.80. The van der Waals surface area contributed by atoms with Crippen molar-refractivity contribution in [3.05, 3.63) is 65.5 Å². The van der Waals surface area contributed by atoms with E-state index in [9.17, 15) is 4.39 Å². The van der Waals surface area contributed by atoms with Gasteiger partial charge in [0, 0.05) is 18.8 Å². The van der Waals surface area contributed by atoms with Crippen LogP contribution in [0, 0.1) is 5.82 Å². The van der Waals surface area contributed by atoms with E-state index >= 15 is 0 Å². The van der Waals surface area contributed by atoms with Crippen molar-refractivity contribution in [2.24, 2.45) is 0 Å². The average Bonchev–Trinajstić information content (AvgIpc) is 2.39. The lowest BCUT2D eigenvalue weighted by molar-refractivity contribution is 0.185. The molecule has 0 bridgehead atoms. The molecule has 19 heavy (non-hydrogen) atoms. The topological polar surface area (TPSA) is 21.3 Å². The van der Waals surface area contributed by atoms with E-state index in [1.165, 1.54) is 6.07 Å². The monoisotopic (exact) mass is 259 g/mol. The molecule has 0 saturated heterocycles. The van der Waals surface area contributed by atoms with Crippen LogP contribution in [0.2, 0.25) is 0 Å². The maximum atomic E-state index is 13.2. The third-order valence-corrected chi connectivity index (χ3v) is 2.97. The molecule has 0 saturated carbocycles. The van der Waals surface area contributed by atoms with Crippen LogP contribution in [-0.4, -0.2) is 7.11 Å². The Hall–Kier alpha value is -1.87. The van der Waals surface area contributed by atoms with E-state index < -0.39 is 0 Å². The summed E-state index contributed by atoms with van der Waals surface area (Å²) in [7, 11) is 1.68. The van der Waals surface area contributed by atoms with Gasteiger partial charge in [0.15, 0.2) is 0 Å². The lowest BCUT2D eigenvalue weighted by Crippen LogP contribution is -2.07. The number of hydrogen-bond donors (Lipinski definition) is 1. The molecule has 0 aliphatic heterocycles. The SMILES string of the molecule is COCc1cccc(NC(C)c2cccc(F)c2)c1. The van der Waals surface area contributed by atoms with Crippen molar-refractivity contribution in [2.45, 2.75) is 19.6 Å². The largest absolute Gasteiger partial charge is 0.380 e. The molecule has 2 aromatic carbocycles. The summed E-state index contributed by atoms with van der Waals surface area (Å²) in [6, 6.07) is 14.7. The minimum atomic E-state index is -0.209. The Morgan fingerprint density at radius 1 is 1.16 bits per heavy atom. The van der Waals surface area contributed by atoms with Gasteiger partial charge in [-0.15, -0.1) is 0 Å². The van der Waals surface area contributed by atoms with Crippen LogP contribution in [0.5, 0.6) is 0 Å². The maximum Gasteiger partial charge on any atom is 0.123 e. The van der Waals surface area contributed by atoms with Crippen molar-refractivity contribution in [1.29, 1.82) is 0 Å². The molecule has 1 unspecified atom stereocenters. The molecule has 0 fully saturated rings. The summed E-state index contributed by atoms with van der Waals surface area (Å²) in [5.41, 5.74) is 3.04. The lowest BCUT2D eigenvalue weighted by atomic mass is 10.1. The van der Waals surface area contributed by atoms with E-state index in [0.717, 1.165) is 16.8 Å². The van der Waals surface area contributed by atoms with Crippen molar-refractivity contribution < 1.29 is 9.13 Å². The first-order valence-electron chi connectivity index (χ1n) is 6.29. The van der Waals surface area contributed by atoms with Crippen molar-refractivity contribution in [1.82, 2.24) is 0 Å². The molecule has 0 aromatic heterocycles. The Morgan fingerprint density at radius 3 is 2.68 bits per heavy atom. The van der Waals surface area contributed by atoms with E-state index in [1.807, 2.05) is 37.3 Å². The van der Waals surface area contributed by atoms with Crippen molar-refractivity contribution in [3.63, 3.8) is 0 Å². The molecular weight excluding hydrogens is 241 g/mol. The van der Waals surface area contributed by atoms with Crippen LogP contribution in [0.15, 0.2) is 48.5 Å². The van der Waals surface area contributed by atoms with Crippen molar-refractivity contribution in [2.75, 3.05) is 12.4 Å². The lowest BCUT2D eigenvalue weighted by Gasteiger charge is -2.16. The Balaban J connectivity index is 2.10. The van der Waals surface area contributed by atoms with Crippen LogP contribution in [0.1, 0.15) is 24.1 Å². The number of methoxy groups -OCH3 is 1. The molecule has 0 amide bonds. The fourth-order valence-corrected chi connectivity index (χ4v) is 2.03. The normalized spacial score (nSPS) is 12.2. The van der Waals surface area contributed by atoms with E-state index in [1.54, 1.807) is 19.2 Å². The molecule has 0 heterocycles. The number of halogens is 1. The molecule has 0 aliphatic rings. The van der Waals surface area contributed by atoms with Gasteiger partial charge in [-0.05, 0) is 42.3 Å². The van der Waals surface area contributed by atoms with Gasteiger partial charge in [-0.3, -0.25) is 0 Å². The van der Waals surface area contributed by atoms with Crippen LogP contribution in [0.25, 0.3) is 0 Å². The second kappa shape index (κ2) is 6.34. The summed E-state index contributed by atoms with van der Waals surface area (Å²) in [4.78, 5) is 0. The van der Waals surface area contributed by atoms with Gasteiger partial charge >= 0.3 is 0 Å². The highest BCUT2D eigenvalue weighted by Gasteiger charge is 2.06. The van der Waals surface area contributed by atoms with E-state index in [4.69, 9.17) is 4.74 Å². The number of ether oxygens (including phenoxy) is 1. The quantitative estimate of drug-likeness (QED) is 0.871. The molecule has 0 radical (unpaired) electrons. The van der Waals surface area contributed by atoms with Crippen LogP contribution < -0.4 is 5.32 Å². The average molecular weight is 259 g/mol. The van der Waals surface area contributed by atoms with E-state index in [-0.39, 0.29) is 11.9 Å². The Morgan fingerprint density at radius 2 is 1.95 bits per heavy atom. The molecule has 2 rings (SSSR count). The molecule has 2 aromatic rings. The first-order valence-corrected chi connectivity index (χ1v) is 6.29. The van der Waals surface area contributed by atoms with Gasteiger partial charge in [0.05, 0.1) is 6.61 Å². The Kier molecular flexibility index (Phi) is 4.53. The van der Waals surface area contributed by atoms with Crippen molar-refractivity contribution in [3.8, 4) is 0 Å². The van der Waals surface area contributed by atoms with Gasteiger partial charge in [0.2, 0.25) is 0 Å². The standard InChI is InChI=1S/C16H18FNO/c1-12(14-6-4-7-15(17)10-14)18-16-8-3-5-13(9-16)11-19-2/h3-10,12,18H,11H2,1-2H3. The highest BCUT2D eigenvalue weighted by atomic mass is 19.1. The van der Waals surface area contributed by atoms with Gasteiger partial charge < -0.3 is 10.1 Å². The number of rotatable bonds is 5. The maximum absolute atomic E-state index is 13.2. The molecule has 2 nitrogen and oxygen atoms in total. The molecule has 1 atom stereocenters. The van der Waals surface area contributed by atoms with Crippen LogP contribution in [-0.2, 0) is 11.3 Å². The zero-order valence-electron chi connectivity index (χ0n) is 11.2. The molecule has 0 spiro atoms.